The molecule has 0 bridgehead atoms. The highest BCUT2D eigenvalue weighted by Crippen LogP contribution is 2.38. The molecule has 1 aromatic rings. The van der Waals surface area contributed by atoms with Crippen LogP contribution in [-0.4, -0.2) is 0 Å². The minimum atomic E-state index is -0.740. The van der Waals surface area contributed by atoms with Gasteiger partial charge in [0, 0.05) is 0 Å². The van der Waals surface area contributed by atoms with E-state index in [9.17, 15) is 8.78 Å². The molecule has 0 N–H and O–H groups in total. The highest BCUT2D eigenvalue weighted by molar-refractivity contribution is 5.22. The van der Waals surface area contributed by atoms with Gasteiger partial charge in [-0.15, -0.1) is 0 Å². The molecule has 0 aromatic heterocycles. The Kier molecular flexibility index (Phi) is 8.55. The Morgan fingerprint density at radius 3 is 2.04 bits per heavy atom. The molecule has 0 nitrogen and oxygen atoms in total. The van der Waals surface area contributed by atoms with Gasteiger partial charge in [0.05, 0.1) is 0 Å². The Morgan fingerprint density at radius 1 is 0.786 bits per heavy atom. The van der Waals surface area contributed by atoms with Crippen LogP contribution in [-0.2, 0) is 0 Å². The lowest BCUT2D eigenvalue weighted by Gasteiger charge is -2.29. The molecular weight excluding hydrogens is 350 g/mol. The van der Waals surface area contributed by atoms with Gasteiger partial charge in [0.25, 0.3) is 0 Å². The molecule has 0 unspecified atom stereocenters. The summed E-state index contributed by atoms with van der Waals surface area (Å²) in [5.41, 5.74) is 0.971. The van der Waals surface area contributed by atoms with Crippen molar-refractivity contribution in [2.75, 3.05) is 0 Å². The first-order valence-corrected chi connectivity index (χ1v) is 11.8. The van der Waals surface area contributed by atoms with E-state index in [4.69, 9.17) is 0 Å². The number of halogens is 2. The van der Waals surface area contributed by atoms with Crippen LogP contribution < -0.4 is 0 Å². The monoisotopic (exact) mass is 388 g/mol. The van der Waals surface area contributed by atoms with Gasteiger partial charge in [-0.2, -0.15) is 0 Å². The largest absolute Gasteiger partial charge is 0.204 e. The first-order valence-electron chi connectivity index (χ1n) is 11.8. The maximum Gasteiger partial charge on any atom is 0.159 e. The molecule has 2 aliphatic carbocycles. The quantitative estimate of drug-likeness (QED) is 0.309. The van der Waals surface area contributed by atoms with Gasteiger partial charge in [-0.25, -0.2) is 8.78 Å². The second kappa shape index (κ2) is 11.1. The molecule has 156 valence electrons. The lowest BCUT2D eigenvalue weighted by molar-refractivity contribution is 0.287. The molecule has 0 atom stereocenters. The Bertz CT molecular complexity index is 605. The third-order valence-electron chi connectivity index (χ3n) is 7.20. The van der Waals surface area contributed by atoms with Crippen LogP contribution in [0, 0.1) is 29.4 Å². The van der Waals surface area contributed by atoms with E-state index in [1.165, 1.54) is 82.8 Å². The van der Waals surface area contributed by atoms with Gasteiger partial charge in [0.15, 0.2) is 11.6 Å². The summed E-state index contributed by atoms with van der Waals surface area (Å²) in [5, 5.41) is 0. The van der Waals surface area contributed by atoms with Gasteiger partial charge < -0.3 is 0 Å². The van der Waals surface area contributed by atoms with Crippen LogP contribution >= 0.6 is 0 Å². The summed E-state index contributed by atoms with van der Waals surface area (Å²) in [5.74, 6) is 1.39. The van der Waals surface area contributed by atoms with E-state index >= 15 is 0 Å². The minimum absolute atomic E-state index is 0.392. The first-order chi connectivity index (χ1) is 13.7. The molecule has 0 radical (unpaired) electrons. The van der Waals surface area contributed by atoms with Gasteiger partial charge in [0.1, 0.15) is 0 Å². The van der Waals surface area contributed by atoms with Crippen LogP contribution in [0.15, 0.2) is 30.4 Å². The summed E-state index contributed by atoms with van der Waals surface area (Å²) in [7, 11) is 0. The second-order valence-corrected chi connectivity index (χ2v) is 9.30. The molecule has 0 heterocycles. The summed E-state index contributed by atoms with van der Waals surface area (Å²) < 4.78 is 26.6. The normalized spacial score (nSPS) is 28.7. The van der Waals surface area contributed by atoms with E-state index < -0.39 is 11.6 Å². The van der Waals surface area contributed by atoms with Gasteiger partial charge in [-0.05, 0) is 92.7 Å². The Balaban J connectivity index is 1.36. The highest BCUT2D eigenvalue weighted by atomic mass is 19.2. The van der Waals surface area contributed by atoms with Crippen LogP contribution in [0.4, 0.5) is 8.78 Å². The molecule has 0 spiro atoms. The zero-order chi connectivity index (χ0) is 19.8. The maximum absolute atomic E-state index is 13.5. The summed E-state index contributed by atoms with van der Waals surface area (Å²) in [6.07, 6.45) is 22.1. The Labute approximate surface area is 170 Å². The fourth-order valence-corrected chi connectivity index (χ4v) is 5.25. The van der Waals surface area contributed by atoms with Crippen molar-refractivity contribution in [1.82, 2.24) is 0 Å². The molecule has 2 aliphatic rings. The summed E-state index contributed by atoms with van der Waals surface area (Å²) in [6.45, 7) is 2.28. The summed E-state index contributed by atoms with van der Waals surface area (Å²) >= 11 is 0. The standard InChI is InChI=1S/C26H38F2/c1-2-3-4-5-6-20-7-9-21(10-8-20)11-12-22-13-15-23(16-14-22)24-17-18-25(27)26(28)19-24/h11-12,17-23H,2-10,13-16H2,1H3/b12-11+/t20-,21-,22-,23-. The minimum Gasteiger partial charge on any atom is -0.204 e. The van der Waals surface area contributed by atoms with Crippen molar-refractivity contribution >= 4 is 0 Å². The molecule has 1 aromatic carbocycles. The maximum atomic E-state index is 13.5. The average Bonchev–Trinajstić information content (AvgIpc) is 2.73. The first kappa shape index (κ1) is 21.5. The Morgan fingerprint density at radius 2 is 1.43 bits per heavy atom. The highest BCUT2D eigenvalue weighted by Gasteiger charge is 2.23. The number of hydrogen-bond acceptors (Lipinski definition) is 0. The van der Waals surface area contributed by atoms with E-state index in [1.807, 2.05) is 0 Å². The topological polar surface area (TPSA) is 0 Å². The van der Waals surface area contributed by atoms with E-state index in [2.05, 4.69) is 19.1 Å². The number of benzene rings is 1. The Hall–Kier alpha value is -1.18. The smallest absolute Gasteiger partial charge is 0.159 e. The SMILES string of the molecule is CCCCCC[C@H]1CC[C@H](/C=C/[C@H]2CC[C@H](c3ccc(F)c(F)c3)CC2)CC1. The molecule has 2 saturated carbocycles. The van der Waals surface area contributed by atoms with Crippen molar-refractivity contribution in [3.63, 3.8) is 0 Å². The molecule has 3 rings (SSSR count). The van der Waals surface area contributed by atoms with E-state index in [1.54, 1.807) is 6.07 Å². The van der Waals surface area contributed by atoms with Gasteiger partial charge in [0.2, 0.25) is 0 Å². The van der Waals surface area contributed by atoms with E-state index in [-0.39, 0.29) is 0 Å². The van der Waals surface area contributed by atoms with Crippen LogP contribution in [0.5, 0.6) is 0 Å². The zero-order valence-electron chi connectivity index (χ0n) is 17.6. The fraction of sp³-hybridized carbons (Fsp3) is 0.692. The number of hydrogen-bond donors (Lipinski definition) is 0. The molecule has 28 heavy (non-hydrogen) atoms. The molecular formula is C26H38F2. The van der Waals surface area contributed by atoms with Crippen molar-refractivity contribution in [3.05, 3.63) is 47.5 Å². The van der Waals surface area contributed by atoms with E-state index in [0.29, 0.717) is 11.8 Å². The third kappa shape index (κ3) is 6.42. The third-order valence-corrected chi connectivity index (χ3v) is 7.20. The van der Waals surface area contributed by atoms with Crippen LogP contribution in [0.3, 0.4) is 0 Å². The van der Waals surface area contributed by atoms with Crippen molar-refractivity contribution in [2.45, 2.75) is 96.3 Å². The average molecular weight is 389 g/mol. The predicted octanol–water partition coefficient (Wildman–Crippen LogP) is 8.57. The molecule has 2 fully saturated rings. The van der Waals surface area contributed by atoms with E-state index in [0.717, 1.165) is 30.2 Å². The molecule has 2 heteroatoms. The van der Waals surface area contributed by atoms with Crippen LogP contribution in [0.25, 0.3) is 0 Å². The number of allylic oxidation sites excluding steroid dienone is 2. The number of rotatable bonds is 8. The van der Waals surface area contributed by atoms with Crippen LogP contribution in [0.2, 0.25) is 0 Å². The van der Waals surface area contributed by atoms with Gasteiger partial charge in [-0.1, -0.05) is 57.2 Å². The van der Waals surface area contributed by atoms with Gasteiger partial charge >= 0.3 is 0 Å². The number of unbranched alkanes of at least 4 members (excludes halogenated alkanes) is 3. The van der Waals surface area contributed by atoms with Crippen molar-refractivity contribution in [1.29, 1.82) is 0 Å². The summed E-state index contributed by atoms with van der Waals surface area (Å²) in [4.78, 5) is 0. The van der Waals surface area contributed by atoms with Crippen molar-refractivity contribution < 1.29 is 8.78 Å². The second-order valence-electron chi connectivity index (χ2n) is 9.30. The zero-order valence-corrected chi connectivity index (χ0v) is 17.6. The summed E-state index contributed by atoms with van der Waals surface area (Å²) in [6, 6.07) is 4.44. The lowest BCUT2D eigenvalue weighted by Crippen LogP contribution is -2.15. The van der Waals surface area contributed by atoms with Crippen molar-refractivity contribution in [2.24, 2.45) is 17.8 Å². The lowest BCUT2D eigenvalue weighted by atomic mass is 9.77. The van der Waals surface area contributed by atoms with Crippen molar-refractivity contribution in [3.8, 4) is 0 Å². The molecule has 0 aliphatic heterocycles. The van der Waals surface area contributed by atoms with Gasteiger partial charge in [-0.3, -0.25) is 0 Å². The molecule has 0 saturated heterocycles. The predicted molar refractivity (Wildman–Crippen MR) is 114 cm³/mol. The van der Waals surface area contributed by atoms with Crippen LogP contribution in [0.1, 0.15) is 102 Å². The fourth-order valence-electron chi connectivity index (χ4n) is 5.25. The molecule has 0 amide bonds.